The minimum Gasteiger partial charge on any atom is -0.489 e. The van der Waals surface area contributed by atoms with Gasteiger partial charge in [0, 0.05) is 32.3 Å². The van der Waals surface area contributed by atoms with Crippen molar-refractivity contribution in [2.24, 2.45) is 0 Å². The van der Waals surface area contributed by atoms with Crippen LogP contribution in [0.3, 0.4) is 0 Å². The summed E-state index contributed by atoms with van der Waals surface area (Å²) in [7, 11) is 0. The van der Waals surface area contributed by atoms with E-state index >= 15 is 0 Å². The lowest BCUT2D eigenvalue weighted by Crippen LogP contribution is -2.55. The monoisotopic (exact) mass is 319 g/mol. The van der Waals surface area contributed by atoms with Crippen LogP contribution in [0.4, 0.5) is 10.6 Å². The molecule has 1 amide bonds. The topological polar surface area (TPSA) is 54.9 Å². The van der Waals surface area contributed by atoms with E-state index in [4.69, 9.17) is 9.47 Å². The maximum Gasteiger partial charge on any atom is 0.410 e. The molecule has 0 radical (unpaired) electrons. The molecule has 0 bridgehead atoms. The van der Waals surface area contributed by atoms with Gasteiger partial charge < -0.3 is 19.3 Å². The van der Waals surface area contributed by atoms with E-state index in [1.165, 1.54) is 0 Å². The van der Waals surface area contributed by atoms with E-state index < -0.39 is 5.60 Å². The summed E-state index contributed by atoms with van der Waals surface area (Å²) in [6.07, 6.45) is 2.45. The number of ether oxygens (including phenoxy) is 2. The van der Waals surface area contributed by atoms with Crippen LogP contribution < -0.4 is 9.64 Å². The molecule has 1 unspecified atom stereocenters. The van der Waals surface area contributed by atoms with Crippen LogP contribution in [0.2, 0.25) is 0 Å². The standard InChI is InChI=1S/C17H25N3O3/c1-12-5-7-18-15-14(12)22-10-6-13-11-19(8-9-20(13)15)16(21)23-17(2,3)4/h5,7,13H,6,8-11H2,1-4H3. The van der Waals surface area contributed by atoms with Gasteiger partial charge in [0.15, 0.2) is 11.6 Å². The fourth-order valence-corrected chi connectivity index (χ4v) is 3.08. The van der Waals surface area contributed by atoms with Gasteiger partial charge >= 0.3 is 6.09 Å². The number of aromatic nitrogens is 1. The number of nitrogens with zero attached hydrogens (tertiary/aromatic N) is 3. The Labute approximate surface area is 137 Å². The Morgan fingerprint density at radius 3 is 2.91 bits per heavy atom. The van der Waals surface area contributed by atoms with Gasteiger partial charge in [-0.05, 0) is 39.3 Å². The molecule has 3 heterocycles. The summed E-state index contributed by atoms with van der Waals surface area (Å²) in [5.74, 6) is 1.78. The van der Waals surface area contributed by atoms with Crippen LogP contribution in [-0.4, -0.2) is 53.9 Å². The second kappa shape index (κ2) is 5.91. The molecule has 1 fully saturated rings. The van der Waals surface area contributed by atoms with Crippen LogP contribution >= 0.6 is 0 Å². The molecule has 0 N–H and O–H groups in total. The average molecular weight is 319 g/mol. The fraction of sp³-hybridized carbons (Fsp3) is 0.647. The van der Waals surface area contributed by atoms with Gasteiger partial charge in [-0.2, -0.15) is 0 Å². The molecule has 1 atom stereocenters. The van der Waals surface area contributed by atoms with Gasteiger partial charge in [-0.1, -0.05) is 0 Å². The lowest BCUT2D eigenvalue weighted by molar-refractivity contribution is 0.0210. The van der Waals surface area contributed by atoms with Crippen molar-refractivity contribution >= 4 is 11.9 Å². The first kappa shape index (κ1) is 15.9. The first-order valence-electron chi connectivity index (χ1n) is 8.18. The van der Waals surface area contributed by atoms with E-state index in [1.807, 2.05) is 40.0 Å². The second-order valence-electron chi connectivity index (χ2n) is 7.19. The van der Waals surface area contributed by atoms with Crippen molar-refractivity contribution in [1.82, 2.24) is 9.88 Å². The number of hydrogen-bond donors (Lipinski definition) is 0. The zero-order chi connectivity index (χ0) is 16.6. The van der Waals surface area contributed by atoms with Crippen LogP contribution in [0.15, 0.2) is 12.3 Å². The number of piperazine rings is 1. The zero-order valence-electron chi connectivity index (χ0n) is 14.3. The quantitative estimate of drug-likeness (QED) is 0.736. The summed E-state index contributed by atoms with van der Waals surface area (Å²) in [6, 6.07) is 2.18. The predicted molar refractivity (Wildman–Crippen MR) is 88.0 cm³/mol. The van der Waals surface area contributed by atoms with E-state index in [-0.39, 0.29) is 12.1 Å². The Kier molecular flexibility index (Phi) is 4.08. The zero-order valence-corrected chi connectivity index (χ0v) is 14.3. The highest BCUT2D eigenvalue weighted by Gasteiger charge is 2.35. The first-order chi connectivity index (χ1) is 10.8. The fourth-order valence-electron chi connectivity index (χ4n) is 3.08. The number of pyridine rings is 1. The van der Waals surface area contributed by atoms with E-state index in [9.17, 15) is 4.79 Å². The Hall–Kier alpha value is -1.98. The highest BCUT2D eigenvalue weighted by Crippen LogP contribution is 2.35. The molecular weight excluding hydrogens is 294 g/mol. The maximum absolute atomic E-state index is 12.3. The molecule has 126 valence electrons. The van der Waals surface area contributed by atoms with Crippen LogP contribution in [-0.2, 0) is 4.74 Å². The molecule has 3 rings (SSSR count). The number of carbonyl (C=O) groups is 1. The average Bonchev–Trinajstić information content (AvgIpc) is 2.65. The van der Waals surface area contributed by atoms with E-state index in [1.54, 1.807) is 4.90 Å². The maximum atomic E-state index is 12.3. The molecular formula is C17H25N3O3. The lowest BCUT2D eigenvalue weighted by Gasteiger charge is -2.41. The summed E-state index contributed by atoms with van der Waals surface area (Å²) >= 11 is 0. The van der Waals surface area contributed by atoms with Crippen molar-refractivity contribution in [3.05, 3.63) is 17.8 Å². The Bertz CT molecular complexity index is 597. The highest BCUT2D eigenvalue weighted by molar-refractivity contribution is 5.69. The number of rotatable bonds is 0. The Morgan fingerprint density at radius 2 is 2.17 bits per heavy atom. The van der Waals surface area contributed by atoms with Crippen molar-refractivity contribution in [2.45, 2.75) is 45.8 Å². The van der Waals surface area contributed by atoms with Crippen LogP contribution in [0.1, 0.15) is 32.8 Å². The number of hydrogen-bond acceptors (Lipinski definition) is 5. The van der Waals surface area contributed by atoms with Crippen LogP contribution in [0, 0.1) is 6.92 Å². The molecule has 0 saturated carbocycles. The second-order valence-corrected chi connectivity index (χ2v) is 7.19. The van der Waals surface area contributed by atoms with Crippen LogP contribution in [0.5, 0.6) is 5.75 Å². The predicted octanol–water partition coefficient (Wildman–Crippen LogP) is 2.60. The van der Waals surface area contributed by atoms with Crippen LogP contribution in [0.25, 0.3) is 0 Å². The molecule has 6 nitrogen and oxygen atoms in total. The summed E-state index contributed by atoms with van der Waals surface area (Å²) in [5, 5.41) is 0. The normalized spacial score (nSPS) is 21.0. The van der Waals surface area contributed by atoms with Crippen molar-refractivity contribution in [2.75, 3.05) is 31.1 Å². The number of amides is 1. The van der Waals surface area contributed by atoms with Gasteiger partial charge in [0.05, 0.1) is 12.6 Å². The molecule has 2 aliphatic rings. The molecule has 0 aromatic carbocycles. The van der Waals surface area contributed by atoms with Crippen molar-refractivity contribution in [3.8, 4) is 5.75 Å². The minimum atomic E-state index is -0.466. The number of carbonyl (C=O) groups excluding carboxylic acids is 1. The largest absolute Gasteiger partial charge is 0.489 e. The lowest BCUT2D eigenvalue weighted by atomic mass is 10.1. The summed E-state index contributed by atoms with van der Waals surface area (Å²) in [5.41, 5.74) is 0.636. The Morgan fingerprint density at radius 1 is 1.39 bits per heavy atom. The SMILES string of the molecule is Cc1ccnc2c1OCCC1CN(C(=O)OC(C)(C)C)CCN21. The molecule has 6 heteroatoms. The summed E-state index contributed by atoms with van der Waals surface area (Å²) in [4.78, 5) is 20.9. The van der Waals surface area contributed by atoms with Gasteiger partial charge in [-0.3, -0.25) is 0 Å². The van der Waals surface area contributed by atoms with Gasteiger partial charge in [0.2, 0.25) is 0 Å². The van der Waals surface area contributed by atoms with Gasteiger partial charge in [-0.25, -0.2) is 9.78 Å². The molecule has 0 aliphatic carbocycles. The molecule has 0 spiro atoms. The molecule has 2 aliphatic heterocycles. The third-order valence-electron chi connectivity index (χ3n) is 4.19. The molecule has 1 aromatic heterocycles. The number of anilines is 1. The van der Waals surface area contributed by atoms with E-state index in [2.05, 4.69) is 9.88 Å². The minimum absolute atomic E-state index is 0.215. The molecule has 1 aromatic rings. The molecule has 23 heavy (non-hydrogen) atoms. The Balaban J connectivity index is 1.77. The van der Waals surface area contributed by atoms with E-state index in [0.29, 0.717) is 19.7 Å². The number of fused-ring (bicyclic) bond motifs is 3. The number of aryl methyl sites for hydroxylation is 1. The third kappa shape index (κ3) is 3.35. The van der Waals surface area contributed by atoms with Gasteiger partial charge in [0.25, 0.3) is 0 Å². The van der Waals surface area contributed by atoms with Crippen molar-refractivity contribution in [1.29, 1.82) is 0 Å². The summed E-state index contributed by atoms with van der Waals surface area (Å²) in [6.45, 7) is 10.4. The third-order valence-corrected chi connectivity index (χ3v) is 4.19. The van der Waals surface area contributed by atoms with Gasteiger partial charge in [0.1, 0.15) is 5.60 Å². The smallest absolute Gasteiger partial charge is 0.410 e. The highest BCUT2D eigenvalue weighted by atomic mass is 16.6. The van der Waals surface area contributed by atoms with Crippen molar-refractivity contribution in [3.63, 3.8) is 0 Å². The molecule has 1 saturated heterocycles. The first-order valence-corrected chi connectivity index (χ1v) is 8.18. The van der Waals surface area contributed by atoms with Crippen molar-refractivity contribution < 1.29 is 14.3 Å². The van der Waals surface area contributed by atoms with E-state index in [0.717, 1.165) is 30.1 Å². The summed E-state index contributed by atoms with van der Waals surface area (Å²) < 4.78 is 11.4. The van der Waals surface area contributed by atoms with Gasteiger partial charge in [-0.15, -0.1) is 0 Å².